The lowest BCUT2D eigenvalue weighted by Crippen LogP contribution is -1.98. The number of rotatable bonds is 3. The highest BCUT2D eigenvalue weighted by Gasteiger charge is 2.12. The molecule has 0 aliphatic rings. The predicted molar refractivity (Wildman–Crippen MR) is 61.4 cm³/mol. The SMILES string of the molecule is O=S(Cc1ccccc1F)c1nc(Cl)ns1. The third kappa shape index (κ3) is 2.63. The minimum Gasteiger partial charge on any atom is -0.251 e. The average molecular weight is 277 g/mol. The van der Waals surface area contributed by atoms with E-state index in [1.165, 1.54) is 6.07 Å². The van der Waals surface area contributed by atoms with Crippen LogP contribution in [0.2, 0.25) is 5.28 Å². The van der Waals surface area contributed by atoms with Gasteiger partial charge in [-0.25, -0.2) is 4.39 Å². The van der Waals surface area contributed by atoms with Crippen molar-refractivity contribution in [3.63, 3.8) is 0 Å². The second kappa shape index (κ2) is 4.99. The summed E-state index contributed by atoms with van der Waals surface area (Å²) < 4.78 is 29.1. The molecule has 1 atom stereocenters. The Morgan fingerprint density at radius 1 is 1.44 bits per heavy atom. The maximum atomic E-state index is 13.3. The van der Waals surface area contributed by atoms with Gasteiger partial charge in [-0.05, 0) is 29.2 Å². The largest absolute Gasteiger partial charge is 0.251 e. The maximum absolute atomic E-state index is 13.3. The third-order valence-corrected chi connectivity index (χ3v) is 4.44. The van der Waals surface area contributed by atoms with Gasteiger partial charge in [0.05, 0.1) is 16.6 Å². The van der Waals surface area contributed by atoms with Gasteiger partial charge in [0.2, 0.25) is 9.62 Å². The maximum Gasteiger partial charge on any atom is 0.235 e. The van der Waals surface area contributed by atoms with E-state index in [4.69, 9.17) is 11.6 Å². The van der Waals surface area contributed by atoms with E-state index < -0.39 is 10.8 Å². The first kappa shape index (κ1) is 11.6. The van der Waals surface area contributed by atoms with E-state index in [-0.39, 0.29) is 16.9 Å². The first-order valence-electron chi connectivity index (χ1n) is 4.28. The summed E-state index contributed by atoms with van der Waals surface area (Å²) in [5.41, 5.74) is 0.396. The highest BCUT2D eigenvalue weighted by molar-refractivity contribution is 7.86. The van der Waals surface area contributed by atoms with Crippen molar-refractivity contribution in [3.8, 4) is 0 Å². The molecular weight excluding hydrogens is 271 g/mol. The van der Waals surface area contributed by atoms with Crippen LogP contribution < -0.4 is 0 Å². The van der Waals surface area contributed by atoms with Crippen LogP contribution in [0.5, 0.6) is 0 Å². The molecule has 2 rings (SSSR count). The van der Waals surface area contributed by atoms with E-state index in [1.807, 2.05) is 0 Å². The molecule has 0 aliphatic carbocycles. The lowest BCUT2D eigenvalue weighted by atomic mass is 10.2. The van der Waals surface area contributed by atoms with Crippen LogP contribution in [0, 0.1) is 5.82 Å². The molecule has 0 fully saturated rings. The molecule has 0 bridgehead atoms. The Hall–Kier alpha value is -0.850. The fourth-order valence-corrected chi connectivity index (χ4v) is 3.16. The highest BCUT2D eigenvalue weighted by Crippen LogP contribution is 2.17. The van der Waals surface area contributed by atoms with Gasteiger partial charge in [0.1, 0.15) is 5.82 Å². The first-order valence-corrected chi connectivity index (χ1v) is 6.75. The van der Waals surface area contributed by atoms with E-state index in [1.54, 1.807) is 18.2 Å². The molecule has 0 saturated carbocycles. The number of benzene rings is 1. The number of nitrogens with zero attached hydrogens (tertiary/aromatic N) is 2. The van der Waals surface area contributed by atoms with Gasteiger partial charge < -0.3 is 0 Å². The predicted octanol–water partition coefficient (Wildman–Crippen LogP) is 2.64. The van der Waals surface area contributed by atoms with Crippen molar-refractivity contribution in [2.75, 3.05) is 0 Å². The van der Waals surface area contributed by atoms with Crippen molar-refractivity contribution >= 4 is 33.9 Å². The van der Waals surface area contributed by atoms with Crippen LogP contribution in [-0.4, -0.2) is 13.6 Å². The highest BCUT2D eigenvalue weighted by atomic mass is 35.5. The molecule has 0 spiro atoms. The van der Waals surface area contributed by atoms with E-state index in [0.717, 1.165) is 11.5 Å². The fraction of sp³-hybridized carbons (Fsp3) is 0.111. The van der Waals surface area contributed by atoms with Crippen molar-refractivity contribution in [2.24, 2.45) is 0 Å². The van der Waals surface area contributed by atoms with Crippen LogP contribution in [0.15, 0.2) is 28.6 Å². The Balaban J connectivity index is 2.17. The molecule has 3 nitrogen and oxygen atoms in total. The summed E-state index contributed by atoms with van der Waals surface area (Å²) in [4.78, 5) is 3.79. The lowest BCUT2D eigenvalue weighted by molar-refractivity contribution is 0.615. The Labute approximate surface area is 103 Å². The van der Waals surface area contributed by atoms with Crippen molar-refractivity contribution in [3.05, 3.63) is 40.9 Å². The smallest absolute Gasteiger partial charge is 0.235 e. The molecule has 0 saturated heterocycles. The lowest BCUT2D eigenvalue weighted by Gasteiger charge is -2.00. The summed E-state index contributed by atoms with van der Waals surface area (Å²) in [7, 11) is -1.40. The van der Waals surface area contributed by atoms with Crippen molar-refractivity contribution in [1.82, 2.24) is 9.36 Å². The zero-order chi connectivity index (χ0) is 11.5. The second-order valence-electron chi connectivity index (χ2n) is 2.91. The third-order valence-electron chi connectivity index (χ3n) is 1.82. The van der Waals surface area contributed by atoms with E-state index in [9.17, 15) is 8.60 Å². The van der Waals surface area contributed by atoms with Gasteiger partial charge in [-0.3, -0.25) is 4.21 Å². The van der Waals surface area contributed by atoms with Crippen molar-refractivity contribution < 1.29 is 8.60 Å². The first-order chi connectivity index (χ1) is 7.66. The summed E-state index contributed by atoms with van der Waals surface area (Å²) in [5, 5.41) is 0.0712. The topological polar surface area (TPSA) is 42.9 Å². The summed E-state index contributed by atoms with van der Waals surface area (Å²) in [6.45, 7) is 0. The molecule has 1 unspecified atom stereocenters. The molecule has 16 heavy (non-hydrogen) atoms. The molecular formula is C9H6ClFN2OS2. The Kier molecular flexibility index (Phi) is 3.63. The average Bonchev–Trinajstić information content (AvgIpc) is 2.68. The van der Waals surface area contributed by atoms with Gasteiger partial charge in [-0.1, -0.05) is 18.2 Å². The summed E-state index contributed by atoms with van der Waals surface area (Å²) in [6, 6.07) is 6.21. The molecule has 2 aromatic rings. The van der Waals surface area contributed by atoms with Gasteiger partial charge in [-0.2, -0.15) is 9.36 Å². The van der Waals surface area contributed by atoms with E-state index in [2.05, 4.69) is 9.36 Å². The monoisotopic (exact) mass is 276 g/mol. The normalized spacial score (nSPS) is 12.6. The van der Waals surface area contributed by atoms with Crippen LogP contribution in [-0.2, 0) is 16.6 Å². The van der Waals surface area contributed by atoms with Crippen LogP contribution >= 0.6 is 23.1 Å². The van der Waals surface area contributed by atoms with Crippen LogP contribution in [0.25, 0.3) is 0 Å². The van der Waals surface area contributed by atoms with Gasteiger partial charge in [-0.15, -0.1) is 0 Å². The molecule has 0 radical (unpaired) electrons. The van der Waals surface area contributed by atoms with Gasteiger partial charge in [0, 0.05) is 5.56 Å². The zero-order valence-corrected chi connectivity index (χ0v) is 10.3. The van der Waals surface area contributed by atoms with Crippen LogP contribution in [0.4, 0.5) is 4.39 Å². The zero-order valence-electron chi connectivity index (χ0n) is 7.89. The molecule has 1 aromatic carbocycles. The van der Waals surface area contributed by atoms with Crippen LogP contribution in [0.1, 0.15) is 5.56 Å². The number of aromatic nitrogens is 2. The van der Waals surface area contributed by atoms with Gasteiger partial charge in [0.25, 0.3) is 0 Å². The molecule has 0 amide bonds. The van der Waals surface area contributed by atoms with E-state index >= 15 is 0 Å². The fourth-order valence-electron chi connectivity index (χ4n) is 1.10. The molecule has 7 heteroatoms. The summed E-state index contributed by atoms with van der Waals surface area (Å²) >= 11 is 6.49. The van der Waals surface area contributed by atoms with Gasteiger partial charge in [0.15, 0.2) is 0 Å². The van der Waals surface area contributed by atoms with Crippen LogP contribution in [0.3, 0.4) is 0 Å². The number of halogens is 2. The summed E-state index contributed by atoms with van der Waals surface area (Å²) in [5.74, 6) is -0.287. The van der Waals surface area contributed by atoms with Crippen molar-refractivity contribution in [1.29, 1.82) is 0 Å². The Morgan fingerprint density at radius 3 is 2.81 bits per heavy atom. The molecule has 84 valence electrons. The minimum atomic E-state index is -1.40. The van der Waals surface area contributed by atoms with Gasteiger partial charge >= 0.3 is 0 Å². The summed E-state index contributed by atoms with van der Waals surface area (Å²) in [6.07, 6.45) is 0. The Bertz CT molecular complexity index is 532. The second-order valence-corrected chi connectivity index (χ2v) is 5.63. The number of hydrogen-bond donors (Lipinski definition) is 0. The number of hydrogen-bond acceptors (Lipinski definition) is 4. The minimum absolute atomic E-state index is 0.0712. The van der Waals surface area contributed by atoms with E-state index in [0.29, 0.717) is 9.90 Å². The standard InChI is InChI=1S/C9H6ClFN2OS2/c10-8-12-9(15-13-8)16(14)5-6-3-1-2-4-7(6)11/h1-4H,5H2. The quantitative estimate of drug-likeness (QED) is 0.865. The molecule has 1 heterocycles. The van der Waals surface area contributed by atoms with Crippen molar-refractivity contribution in [2.45, 2.75) is 10.1 Å². The Morgan fingerprint density at radius 2 is 2.19 bits per heavy atom. The molecule has 0 aliphatic heterocycles. The molecule has 0 N–H and O–H groups in total. The molecule has 1 aromatic heterocycles.